The Morgan fingerprint density at radius 1 is 0.341 bits per heavy atom. The third-order valence-corrected chi connectivity index (χ3v) is 17.5. The first-order chi connectivity index (χ1) is 40.9. The summed E-state index contributed by atoms with van der Waals surface area (Å²) in [5.41, 5.74) is 0. The van der Waals surface area contributed by atoms with Crippen LogP contribution in [0.1, 0.15) is 330 Å². The predicted octanol–water partition coefficient (Wildman–Crippen LogP) is 18.4. The van der Waals surface area contributed by atoms with Crippen LogP contribution in [-0.2, 0) is 65.4 Å². The van der Waals surface area contributed by atoms with Crippen molar-refractivity contribution in [2.75, 3.05) is 39.6 Å². The van der Waals surface area contributed by atoms with Crippen LogP contribution in [0.25, 0.3) is 0 Å². The van der Waals surface area contributed by atoms with Crippen LogP contribution >= 0.6 is 15.6 Å². The molecule has 0 aliphatic heterocycles. The van der Waals surface area contributed by atoms with Gasteiger partial charge in [0.15, 0.2) is 12.2 Å². The number of carbonyl (C=O) groups excluding carboxylic acids is 4. The summed E-state index contributed by atoms with van der Waals surface area (Å²) >= 11 is 0. The molecule has 0 aliphatic rings. The highest BCUT2D eigenvalue weighted by Gasteiger charge is 2.30. The van der Waals surface area contributed by atoms with Crippen molar-refractivity contribution in [1.82, 2.24) is 0 Å². The van der Waals surface area contributed by atoms with Crippen molar-refractivity contribution < 1.29 is 80.2 Å². The van der Waals surface area contributed by atoms with Gasteiger partial charge in [-0.05, 0) is 37.5 Å². The third kappa shape index (κ3) is 59.5. The molecule has 0 saturated heterocycles. The van der Waals surface area contributed by atoms with Gasteiger partial charge in [0, 0.05) is 25.7 Å². The molecule has 3 N–H and O–H groups in total. The predicted molar refractivity (Wildman–Crippen MR) is 340 cm³/mol. The van der Waals surface area contributed by atoms with Crippen molar-refractivity contribution in [1.29, 1.82) is 0 Å². The fourth-order valence-corrected chi connectivity index (χ4v) is 11.4. The molecule has 0 aliphatic carbocycles. The Hall–Kier alpha value is -1.94. The second-order valence-electron chi connectivity index (χ2n) is 24.6. The molecule has 19 heteroatoms. The molecule has 0 spiro atoms. The van der Waals surface area contributed by atoms with Crippen LogP contribution in [-0.4, -0.2) is 96.7 Å². The molecule has 85 heavy (non-hydrogen) atoms. The summed E-state index contributed by atoms with van der Waals surface area (Å²) < 4.78 is 67.9. The fraction of sp³-hybridized carbons (Fsp3) is 0.939. The standard InChI is InChI=1S/C66H128O17P2/c1-7-10-12-14-15-24-32-38-44-50-65(70)82-61(54-76-63(68)48-42-34-13-11-8-2)56-80-84(72,73)78-52-60(67)53-79-85(74,75)81-57-62(55-77-64(69)49-43-37-31-27-23-22-26-30-36-41-47-59(6)9-3)83-66(71)51-45-39-33-28-21-19-17-16-18-20-25-29-35-40-46-58(4)5/h58-62,67H,7-57H2,1-6H3,(H,72,73)(H,74,75)/t59?,60-,61+,62+/m0/s1. The van der Waals surface area contributed by atoms with Crippen molar-refractivity contribution >= 4 is 39.5 Å². The minimum Gasteiger partial charge on any atom is -0.462 e. The van der Waals surface area contributed by atoms with E-state index in [1.165, 1.54) is 141 Å². The summed E-state index contributed by atoms with van der Waals surface area (Å²) in [6.45, 7) is 9.46. The zero-order valence-corrected chi connectivity index (χ0v) is 56.7. The van der Waals surface area contributed by atoms with Crippen LogP contribution in [0.4, 0.5) is 0 Å². The smallest absolute Gasteiger partial charge is 0.462 e. The molecule has 0 fully saturated rings. The second kappa shape index (κ2) is 58.4. The maximum atomic E-state index is 13.0. The Morgan fingerprint density at radius 3 is 0.894 bits per heavy atom. The minimum absolute atomic E-state index is 0.105. The molecular formula is C66H128O17P2. The lowest BCUT2D eigenvalue weighted by Crippen LogP contribution is -2.30. The Balaban J connectivity index is 5.16. The van der Waals surface area contributed by atoms with Gasteiger partial charge in [-0.25, -0.2) is 9.13 Å². The molecule has 0 aromatic heterocycles. The van der Waals surface area contributed by atoms with E-state index in [-0.39, 0.29) is 25.7 Å². The van der Waals surface area contributed by atoms with E-state index < -0.39 is 97.5 Å². The van der Waals surface area contributed by atoms with Crippen LogP contribution in [0.2, 0.25) is 0 Å². The molecule has 0 bridgehead atoms. The summed E-state index contributed by atoms with van der Waals surface area (Å²) in [4.78, 5) is 72.0. The number of hydrogen-bond donors (Lipinski definition) is 3. The van der Waals surface area contributed by atoms with E-state index in [9.17, 15) is 43.2 Å². The molecule has 3 unspecified atom stereocenters. The number of phosphoric acid groups is 2. The Kier molecular flexibility index (Phi) is 57.1. The van der Waals surface area contributed by atoms with Gasteiger partial charge in [-0.3, -0.25) is 37.3 Å². The summed E-state index contributed by atoms with van der Waals surface area (Å²) in [7, 11) is -9.88. The van der Waals surface area contributed by atoms with Gasteiger partial charge in [-0.15, -0.1) is 0 Å². The molecule has 0 rings (SSSR count). The van der Waals surface area contributed by atoms with Crippen LogP contribution in [0.3, 0.4) is 0 Å². The molecule has 0 amide bonds. The van der Waals surface area contributed by atoms with E-state index in [1.54, 1.807) is 0 Å². The molecule has 0 saturated carbocycles. The van der Waals surface area contributed by atoms with Gasteiger partial charge < -0.3 is 33.8 Å². The number of phosphoric ester groups is 2. The lowest BCUT2D eigenvalue weighted by molar-refractivity contribution is -0.161. The first kappa shape index (κ1) is 83.1. The Bertz CT molecular complexity index is 1670. The highest BCUT2D eigenvalue weighted by Crippen LogP contribution is 2.45. The monoisotopic (exact) mass is 1250 g/mol. The first-order valence-electron chi connectivity index (χ1n) is 34.5. The molecular weight excluding hydrogens is 1130 g/mol. The number of aliphatic hydroxyl groups excluding tert-OH is 1. The summed E-state index contributed by atoms with van der Waals surface area (Å²) in [6, 6.07) is 0. The zero-order valence-electron chi connectivity index (χ0n) is 54.9. The van der Waals surface area contributed by atoms with Crippen LogP contribution in [0, 0.1) is 11.8 Å². The normalized spacial score (nSPS) is 14.6. The molecule has 504 valence electrons. The van der Waals surface area contributed by atoms with Crippen molar-refractivity contribution in [3.8, 4) is 0 Å². The number of aliphatic hydroxyl groups is 1. The van der Waals surface area contributed by atoms with Crippen LogP contribution in [0.15, 0.2) is 0 Å². The van der Waals surface area contributed by atoms with Crippen LogP contribution < -0.4 is 0 Å². The largest absolute Gasteiger partial charge is 0.472 e. The van der Waals surface area contributed by atoms with Gasteiger partial charge in [0.1, 0.15) is 19.3 Å². The number of ether oxygens (including phenoxy) is 4. The third-order valence-electron chi connectivity index (χ3n) is 15.6. The van der Waals surface area contributed by atoms with E-state index in [2.05, 4.69) is 41.5 Å². The maximum absolute atomic E-state index is 13.0. The van der Waals surface area contributed by atoms with Gasteiger partial charge in [-0.1, -0.05) is 279 Å². The van der Waals surface area contributed by atoms with Crippen molar-refractivity contribution in [3.63, 3.8) is 0 Å². The quantitative estimate of drug-likeness (QED) is 0.0222. The van der Waals surface area contributed by atoms with Gasteiger partial charge in [0.2, 0.25) is 0 Å². The topological polar surface area (TPSA) is 237 Å². The molecule has 17 nitrogen and oxygen atoms in total. The minimum atomic E-state index is -4.95. The molecule has 6 atom stereocenters. The van der Waals surface area contributed by atoms with Crippen LogP contribution in [0.5, 0.6) is 0 Å². The van der Waals surface area contributed by atoms with Gasteiger partial charge in [-0.2, -0.15) is 0 Å². The van der Waals surface area contributed by atoms with Crippen molar-refractivity contribution in [2.24, 2.45) is 11.8 Å². The van der Waals surface area contributed by atoms with E-state index >= 15 is 0 Å². The van der Waals surface area contributed by atoms with Gasteiger partial charge in [0.05, 0.1) is 26.4 Å². The van der Waals surface area contributed by atoms with E-state index in [4.69, 9.17) is 37.0 Å². The summed E-state index contributed by atoms with van der Waals surface area (Å²) in [5.74, 6) is -0.537. The zero-order chi connectivity index (χ0) is 62.9. The highest BCUT2D eigenvalue weighted by molar-refractivity contribution is 7.47. The van der Waals surface area contributed by atoms with Gasteiger partial charge in [0.25, 0.3) is 0 Å². The number of unbranched alkanes of at least 4 members (excludes halogenated alkanes) is 34. The average molecular weight is 1260 g/mol. The fourth-order valence-electron chi connectivity index (χ4n) is 9.85. The maximum Gasteiger partial charge on any atom is 0.472 e. The van der Waals surface area contributed by atoms with E-state index in [0.29, 0.717) is 25.7 Å². The number of esters is 4. The molecule has 0 radical (unpaired) electrons. The highest BCUT2D eigenvalue weighted by atomic mass is 31.2. The Morgan fingerprint density at radius 2 is 0.600 bits per heavy atom. The number of carbonyl (C=O) groups is 4. The molecule has 0 heterocycles. The molecule has 0 aromatic rings. The van der Waals surface area contributed by atoms with E-state index in [0.717, 1.165) is 108 Å². The number of hydrogen-bond acceptors (Lipinski definition) is 15. The average Bonchev–Trinajstić information content (AvgIpc) is 3.61. The lowest BCUT2D eigenvalue weighted by Gasteiger charge is -2.21. The number of rotatable bonds is 65. The van der Waals surface area contributed by atoms with Crippen molar-refractivity contribution in [3.05, 3.63) is 0 Å². The lowest BCUT2D eigenvalue weighted by atomic mass is 9.99. The Labute approximate surface area is 517 Å². The summed E-state index contributed by atoms with van der Waals surface area (Å²) in [6.07, 6.45) is 42.0. The first-order valence-corrected chi connectivity index (χ1v) is 37.5. The van der Waals surface area contributed by atoms with Gasteiger partial charge >= 0.3 is 39.5 Å². The second-order valence-corrected chi connectivity index (χ2v) is 27.5. The molecule has 0 aromatic carbocycles. The van der Waals surface area contributed by atoms with E-state index in [1.807, 2.05) is 0 Å². The summed E-state index contributed by atoms with van der Waals surface area (Å²) in [5, 5.41) is 10.5. The van der Waals surface area contributed by atoms with Crippen molar-refractivity contribution in [2.45, 2.75) is 349 Å². The SMILES string of the molecule is CCCCCCCCCCCC(=O)O[C@H](COC(=O)CCCCCCC)COP(=O)(O)OC[C@H](O)COP(=O)(O)OC[C@@H](COC(=O)CCCCCCCCCCCCC(C)CC)OC(=O)CCCCCCCCCCCCCCCCC(C)C.